The van der Waals surface area contributed by atoms with Gasteiger partial charge in [0.15, 0.2) is 0 Å². The summed E-state index contributed by atoms with van der Waals surface area (Å²) in [5.74, 6) is 2.58. The van der Waals surface area contributed by atoms with Crippen LogP contribution < -0.4 is 15.4 Å². The number of carbonyl (C=O) groups excluding carboxylic acids is 1. The molecule has 0 spiro atoms. The first kappa shape index (κ1) is 28.8. The summed E-state index contributed by atoms with van der Waals surface area (Å²) < 4.78 is 34.4. The third kappa shape index (κ3) is 7.68. The molecule has 2 aliphatic heterocycles. The predicted octanol–water partition coefficient (Wildman–Crippen LogP) is 4.16. The molecule has 2 amide bonds. The van der Waals surface area contributed by atoms with E-state index in [-0.39, 0.29) is 47.1 Å². The van der Waals surface area contributed by atoms with Crippen molar-refractivity contribution in [3.05, 3.63) is 52.0 Å². The fourth-order valence-electron chi connectivity index (χ4n) is 4.35. The molecule has 2 saturated heterocycles. The van der Waals surface area contributed by atoms with Gasteiger partial charge >= 0.3 is 6.03 Å². The lowest BCUT2D eigenvalue weighted by Crippen LogP contribution is -2.50. The molecule has 2 aromatic rings. The molecule has 2 aromatic carbocycles. The number of carbonyl (C=O) groups is 1. The van der Waals surface area contributed by atoms with Crippen LogP contribution in [0.4, 0.5) is 4.79 Å². The van der Waals surface area contributed by atoms with E-state index in [0.29, 0.717) is 29.4 Å². The summed E-state index contributed by atoms with van der Waals surface area (Å²) >= 11 is 14.1. The Kier molecular flexibility index (Phi) is 10.0. The first-order valence-electron chi connectivity index (χ1n) is 12.3. The number of ether oxygens (including phenoxy) is 1. The fourth-order valence-corrected chi connectivity index (χ4v) is 7.44. The molecule has 4 rings (SSSR count). The second kappa shape index (κ2) is 13.2. The van der Waals surface area contributed by atoms with Crippen LogP contribution in [0.5, 0.6) is 11.5 Å². The summed E-state index contributed by atoms with van der Waals surface area (Å²) in [6, 6.07) is 10.4. The molecule has 0 radical (unpaired) electrons. The van der Waals surface area contributed by atoms with E-state index in [4.69, 9.17) is 27.9 Å². The maximum atomic E-state index is 13.6. The lowest BCUT2D eigenvalue weighted by molar-refractivity contribution is 0.224. The molecule has 0 aliphatic carbocycles. The number of hydrogen-bond donors (Lipinski definition) is 2. The number of nitrogens with zero attached hydrogens (tertiary/aromatic N) is 3. The van der Waals surface area contributed by atoms with Crippen molar-refractivity contribution in [2.24, 2.45) is 0 Å². The quantitative estimate of drug-likeness (QED) is 0.469. The van der Waals surface area contributed by atoms with E-state index in [1.165, 1.54) is 34.6 Å². The van der Waals surface area contributed by atoms with Gasteiger partial charge in [-0.1, -0.05) is 23.2 Å². The number of halogens is 2. The largest absolute Gasteiger partial charge is 0.456 e. The molecular weight excluding hydrogens is 569 g/mol. The summed E-state index contributed by atoms with van der Waals surface area (Å²) in [6.07, 6.45) is 0.933. The van der Waals surface area contributed by atoms with Crippen molar-refractivity contribution >= 4 is 51.0 Å². The van der Waals surface area contributed by atoms with E-state index < -0.39 is 10.0 Å². The molecule has 38 heavy (non-hydrogen) atoms. The van der Waals surface area contributed by atoms with Crippen molar-refractivity contribution in [2.45, 2.75) is 23.8 Å². The molecule has 0 unspecified atom stereocenters. The molecule has 2 aliphatic rings. The Balaban J connectivity index is 1.36. The normalized spacial score (nSPS) is 17.5. The van der Waals surface area contributed by atoms with Gasteiger partial charge in [-0.2, -0.15) is 21.3 Å². The van der Waals surface area contributed by atoms with Gasteiger partial charge in [-0.25, -0.2) is 13.2 Å². The van der Waals surface area contributed by atoms with Gasteiger partial charge in [0.05, 0.1) is 11.6 Å². The van der Waals surface area contributed by atoms with Crippen LogP contribution in [0.3, 0.4) is 0 Å². The topological polar surface area (TPSA) is 115 Å². The zero-order chi connectivity index (χ0) is 27.1. The minimum atomic E-state index is -3.99. The smallest absolute Gasteiger partial charge is 0.315 e. The number of nitrogens with one attached hydrogen (secondary N) is 2. The van der Waals surface area contributed by atoms with Crippen LogP contribution in [0.25, 0.3) is 0 Å². The van der Waals surface area contributed by atoms with Gasteiger partial charge in [0, 0.05) is 66.9 Å². The van der Waals surface area contributed by atoms with E-state index in [2.05, 4.69) is 15.5 Å². The van der Waals surface area contributed by atoms with E-state index in [0.717, 1.165) is 31.1 Å². The van der Waals surface area contributed by atoms with Crippen molar-refractivity contribution in [1.29, 1.82) is 5.26 Å². The number of urea groups is 1. The minimum Gasteiger partial charge on any atom is -0.456 e. The van der Waals surface area contributed by atoms with Crippen LogP contribution in [-0.4, -0.2) is 80.5 Å². The molecule has 204 valence electrons. The number of nitriles is 1. The zero-order valence-electron chi connectivity index (χ0n) is 20.7. The Bertz CT molecular complexity index is 1270. The average Bonchev–Trinajstić information content (AvgIpc) is 2.89. The van der Waals surface area contributed by atoms with Crippen molar-refractivity contribution in [1.82, 2.24) is 19.8 Å². The molecule has 13 heteroatoms. The molecule has 0 aromatic heterocycles. The number of rotatable bonds is 8. The lowest BCUT2D eigenvalue weighted by atomic mass is 10.1. The summed E-state index contributed by atoms with van der Waals surface area (Å²) in [6.45, 7) is 3.91. The summed E-state index contributed by atoms with van der Waals surface area (Å²) in [5.41, 5.74) is 0.191. The second-order valence-corrected chi connectivity index (χ2v) is 13.0. The summed E-state index contributed by atoms with van der Waals surface area (Å²) in [4.78, 5) is 14.6. The third-order valence-corrected chi connectivity index (χ3v) is 9.66. The molecule has 2 N–H and O–H groups in total. The van der Waals surface area contributed by atoms with Crippen LogP contribution >= 0.6 is 35.0 Å². The molecular formula is C25H29Cl2N5O4S2. The van der Waals surface area contributed by atoms with E-state index >= 15 is 0 Å². The van der Waals surface area contributed by atoms with Crippen molar-refractivity contribution in [3.8, 4) is 17.6 Å². The van der Waals surface area contributed by atoms with Crippen LogP contribution in [0.1, 0.15) is 18.4 Å². The SMILES string of the molecule is N#Cc1ccc(Oc2cc(Cl)cc(Cl)c2)c(S(=O)(=O)N2CCC(NC(=O)NCCN3CCSCC3)CC2)c1. The maximum absolute atomic E-state index is 13.6. The Morgan fingerprint density at radius 2 is 1.76 bits per heavy atom. The Hall–Kier alpha value is -2.20. The van der Waals surface area contributed by atoms with Gasteiger partial charge in [0.1, 0.15) is 16.4 Å². The number of sulfonamides is 1. The van der Waals surface area contributed by atoms with E-state index in [1.807, 2.05) is 17.8 Å². The van der Waals surface area contributed by atoms with Gasteiger partial charge in [0.25, 0.3) is 0 Å². The Morgan fingerprint density at radius 1 is 1.08 bits per heavy atom. The van der Waals surface area contributed by atoms with Gasteiger partial charge in [0.2, 0.25) is 10.0 Å². The van der Waals surface area contributed by atoms with Gasteiger partial charge < -0.3 is 15.4 Å². The highest BCUT2D eigenvalue weighted by Crippen LogP contribution is 2.35. The van der Waals surface area contributed by atoms with Gasteiger partial charge in [-0.05, 0) is 49.2 Å². The summed E-state index contributed by atoms with van der Waals surface area (Å²) in [5, 5.41) is 15.9. The first-order chi connectivity index (χ1) is 18.2. The van der Waals surface area contributed by atoms with Crippen LogP contribution in [0.15, 0.2) is 41.3 Å². The highest BCUT2D eigenvalue weighted by molar-refractivity contribution is 7.99. The number of thioether (sulfide) groups is 1. The highest BCUT2D eigenvalue weighted by Gasteiger charge is 2.32. The molecule has 0 atom stereocenters. The van der Waals surface area contributed by atoms with Crippen molar-refractivity contribution in [2.75, 3.05) is 50.8 Å². The predicted molar refractivity (Wildman–Crippen MR) is 150 cm³/mol. The fraction of sp³-hybridized carbons (Fsp3) is 0.440. The summed E-state index contributed by atoms with van der Waals surface area (Å²) in [7, 11) is -3.99. The number of benzene rings is 2. The standard InChI is InChI=1S/C25H29Cl2N5O4S2/c26-19-14-20(27)16-22(15-19)36-23-2-1-18(17-28)13-24(23)38(34,35)32-6-3-21(4-7-32)30-25(33)29-5-8-31-9-11-37-12-10-31/h1-2,13-16,21H,3-12H2,(H2,29,30,33). The van der Waals surface area contributed by atoms with E-state index in [1.54, 1.807) is 6.07 Å². The first-order valence-corrected chi connectivity index (χ1v) is 15.6. The number of piperidine rings is 1. The molecule has 0 saturated carbocycles. The third-order valence-electron chi connectivity index (χ3n) is 6.36. The van der Waals surface area contributed by atoms with E-state index in [9.17, 15) is 18.5 Å². The van der Waals surface area contributed by atoms with Gasteiger partial charge in [-0.15, -0.1) is 0 Å². The number of amides is 2. The molecule has 2 heterocycles. The monoisotopic (exact) mass is 597 g/mol. The lowest BCUT2D eigenvalue weighted by Gasteiger charge is -2.32. The Morgan fingerprint density at radius 3 is 2.42 bits per heavy atom. The second-order valence-electron chi connectivity index (χ2n) is 9.01. The highest BCUT2D eigenvalue weighted by atomic mass is 35.5. The zero-order valence-corrected chi connectivity index (χ0v) is 23.8. The van der Waals surface area contributed by atoms with Crippen molar-refractivity contribution in [3.63, 3.8) is 0 Å². The van der Waals surface area contributed by atoms with Crippen LogP contribution in [-0.2, 0) is 10.0 Å². The molecule has 2 fully saturated rings. The van der Waals surface area contributed by atoms with Crippen molar-refractivity contribution < 1.29 is 17.9 Å². The molecule has 0 bridgehead atoms. The average molecular weight is 599 g/mol. The molecule has 9 nitrogen and oxygen atoms in total. The van der Waals surface area contributed by atoms with Crippen LogP contribution in [0, 0.1) is 11.3 Å². The van der Waals surface area contributed by atoms with Gasteiger partial charge in [-0.3, -0.25) is 4.90 Å². The minimum absolute atomic E-state index is 0.0641. The Labute approximate surface area is 237 Å². The van der Waals surface area contributed by atoms with Crippen LogP contribution in [0.2, 0.25) is 10.0 Å². The maximum Gasteiger partial charge on any atom is 0.315 e. The number of hydrogen-bond acceptors (Lipinski definition) is 7.